The number of hydrogen-bond donors (Lipinski definition) is 1. The molecule has 24 heavy (non-hydrogen) atoms. The van der Waals surface area contributed by atoms with Gasteiger partial charge in [0, 0.05) is 12.2 Å². The molecule has 1 aliphatic heterocycles. The highest BCUT2D eigenvalue weighted by atomic mass is 16.1. The Morgan fingerprint density at radius 3 is 2.54 bits per heavy atom. The Bertz CT molecular complexity index is 663. The Labute approximate surface area is 144 Å². The van der Waals surface area contributed by atoms with Gasteiger partial charge >= 0.3 is 0 Å². The summed E-state index contributed by atoms with van der Waals surface area (Å²) in [4.78, 5) is 15.2. The molecule has 0 aliphatic carbocycles. The van der Waals surface area contributed by atoms with Crippen LogP contribution in [0.15, 0.2) is 54.6 Å². The van der Waals surface area contributed by atoms with Gasteiger partial charge in [-0.3, -0.25) is 9.69 Å². The van der Waals surface area contributed by atoms with Gasteiger partial charge in [0.15, 0.2) is 0 Å². The summed E-state index contributed by atoms with van der Waals surface area (Å²) in [5.41, 5.74) is 3.24. The molecule has 1 aliphatic rings. The summed E-state index contributed by atoms with van der Waals surface area (Å²) in [7, 11) is 0. The molecule has 3 nitrogen and oxygen atoms in total. The maximum absolute atomic E-state index is 12.7. The van der Waals surface area contributed by atoms with Gasteiger partial charge in [-0.05, 0) is 55.6 Å². The largest absolute Gasteiger partial charge is 0.326 e. The minimum absolute atomic E-state index is 0.0713. The Hall–Kier alpha value is -2.13. The molecule has 0 aromatic heterocycles. The fourth-order valence-corrected chi connectivity index (χ4v) is 3.43. The lowest BCUT2D eigenvalue weighted by Gasteiger charge is -2.17. The Balaban J connectivity index is 1.67. The fraction of sp³-hybridized carbons (Fsp3) is 0.381. The smallest absolute Gasteiger partial charge is 0.231 e. The highest BCUT2D eigenvalue weighted by Crippen LogP contribution is 2.22. The molecule has 1 saturated heterocycles. The molecule has 1 unspecified atom stereocenters. The van der Waals surface area contributed by atoms with E-state index < -0.39 is 0 Å². The van der Waals surface area contributed by atoms with E-state index in [1.165, 1.54) is 31.5 Å². The first-order valence-electron chi connectivity index (χ1n) is 8.93. The zero-order chi connectivity index (χ0) is 16.8. The summed E-state index contributed by atoms with van der Waals surface area (Å²) >= 11 is 0. The zero-order valence-corrected chi connectivity index (χ0v) is 14.4. The van der Waals surface area contributed by atoms with Crippen molar-refractivity contribution < 1.29 is 4.79 Å². The lowest BCUT2D eigenvalue weighted by Crippen LogP contribution is -2.21. The van der Waals surface area contributed by atoms with E-state index in [1.807, 2.05) is 42.5 Å². The minimum atomic E-state index is -0.103. The van der Waals surface area contributed by atoms with E-state index in [0.717, 1.165) is 24.2 Å². The van der Waals surface area contributed by atoms with E-state index in [0.29, 0.717) is 0 Å². The number of nitrogens with zero attached hydrogens (tertiary/aromatic N) is 1. The highest BCUT2D eigenvalue weighted by molar-refractivity contribution is 5.95. The van der Waals surface area contributed by atoms with E-state index in [2.05, 4.69) is 29.3 Å². The molecule has 3 rings (SSSR count). The number of nitrogens with one attached hydrogen (secondary N) is 1. The van der Waals surface area contributed by atoms with Gasteiger partial charge in [0.05, 0.1) is 5.92 Å². The number of hydrogen-bond acceptors (Lipinski definition) is 2. The predicted molar refractivity (Wildman–Crippen MR) is 99.1 cm³/mol. The van der Waals surface area contributed by atoms with E-state index in [4.69, 9.17) is 0 Å². The van der Waals surface area contributed by atoms with Crippen LogP contribution in [-0.4, -0.2) is 23.9 Å². The Kier molecular flexibility index (Phi) is 5.65. The first kappa shape index (κ1) is 16.7. The van der Waals surface area contributed by atoms with Crippen molar-refractivity contribution in [3.63, 3.8) is 0 Å². The average Bonchev–Trinajstić information content (AvgIpc) is 3.10. The van der Waals surface area contributed by atoms with E-state index in [9.17, 15) is 4.79 Å². The third-order valence-corrected chi connectivity index (χ3v) is 4.73. The van der Waals surface area contributed by atoms with Crippen molar-refractivity contribution in [1.82, 2.24) is 4.90 Å². The van der Waals surface area contributed by atoms with Crippen molar-refractivity contribution in [3.8, 4) is 0 Å². The number of anilines is 1. The van der Waals surface area contributed by atoms with Crippen LogP contribution >= 0.6 is 0 Å². The molecule has 0 bridgehead atoms. The van der Waals surface area contributed by atoms with Crippen molar-refractivity contribution in [2.24, 2.45) is 0 Å². The van der Waals surface area contributed by atoms with Crippen LogP contribution in [0, 0.1) is 0 Å². The molecule has 0 radical (unpaired) electrons. The SMILES string of the molecule is CCC(C(=O)Nc1cccc(CN2CCCC2)c1)c1ccccc1. The van der Waals surface area contributed by atoms with E-state index in [1.54, 1.807) is 0 Å². The summed E-state index contributed by atoms with van der Waals surface area (Å²) in [5.74, 6) is -0.0320. The first-order chi connectivity index (χ1) is 11.8. The molecular formula is C21H26N2O. The van der Waals surface area contributed by atoms with Crippen molar-refractivity contribution >= 4 is 11.6 Å². The number of rotatable bonds is 6. The number of benzene rings is 2. The predicted octanol–water partition coefficient (Wildman–Crippen LogP) is 4.41. The van der Waals surface area contributed by atoms with Crippen LogP contribution in [0.3, 0.4) is 0 Å². The van der Waals surface area contributed by atoms with Crippen LogP contribution in [0.2, 0.25) is 0 Å². The standard InChI is InChI=1S/C21H26N2O/c1-2-20(18-10-4-3-5-11-18)21(24)22-19-12-8-9-17(15-19)16-23-13-6-7-14-23/h3-5,8-12,15,20H,2,6-7,13-14,16H2,1H3,(H,22,24). The molecule has 0 spiro atoms. The quantitative estimate of drug-likeness (QED) is 0.854. The summed E-state index contributed by atoms with van der Waals surface area (Å²) in [6, 6.07) is 18.3. The molecule has 2 aromatic carbocycles. The second-order valence-electron chi connectivity index (χ2n) is 6.54. The van der Waals surface area contributed by atoms with Crippen molar-refractivity contribution in [1.29, 1.82) is 0 Å². The molecule has 1 fully saturated rings. The van der Waals surface area contributed by atoms with Crippen LogP contribution in [0.5, 0.6) is 0 Å². The molecule has 126 valence electrons. The topological polar surface area (TPSA) is 32.3 Å². The highest BCUT2D eigenvalue weighted by Gasteiger charge is 2.18. The van der Waals surface area contributed by atoms with Crippen LogP contribution in [0.4, 0.5) is 5.69 Å². The van der Waals surface area contributed by atoms with E-state index in [-0.39, 0.29) is 11.8 Å². The molecule has 1 amide bonds. The second kappa shape index (κ2) is 8.11. The van der Waals surface area contributed by atoms with Crippen molar-refractivity contribution in [3.05, 3.63) is 65.7 Å². The van der Waals surface area contributed by atoms with Crippen LogP contribution in [0.25, 0.3) is 0 Å². The molecule has 2 aromatic rings. The number of amides is 1. The minimum Gasteiger partial charge on any atom is -0.326 e. The van der Waals surface area contributed by atoms with Gasteiger partial charge in [-0.2, -0.15) is 0 Å². The number of carbonyl (C=O) groups is 1. The van der Waals surface area contributed by atoms with Gasteiger partial charge in [0.25, 0.3) is 0 Å². The normalized spacial score (nSPS) is 16.0. The van der Waals surface area contributed by atoms with Gasteiger partial charge < -0.3 is 5.32 Å². The zero-order valence-electron chi connectivity index (χ0n) is 14.4. The number of likely N-dealkylation sites (tertiary alicyclic amines) is 1. The lowest BCUT2D eigenvalue weighted by molar-refractivity contribution is -0.117. The monoisotopic (exact) mass is 322 g/mol. The van der Waals surface area contributed by atoms with Gasteiger partial charge in [-0.15, -0.1) is 0 Å². The number of carbonyl (C=O) groups excluding carboxylic acids is 1. The molecule has 1 N–H and O–H groups in total. The van der Waals surface area contributed by atoms with Gasteiger partial charge in [0.1, 0.15) is 0 Å². The van der Waals surface area contributed by atoms with Gasteiger partial charge in [0.2, 0.25) is 5.91 Å². The van der Waals surface area contributed by atoms with Gasteiger partial charge in [-0.25, -0.2) is 0 Å². The molecular weight excluding hydrogens is 296 g/mol. The summed E-state index contributed by atoms with van der Waals surface area (Å²) in [5, 5.41) is 3.10. The molecule has 0 saturated carbocycles. The van der Waals surface area contributed by atoms with Crippen molar-refractivity contribution in [2.45, 2.75) is 38.6 Å². The first-order valence-corrected chi connectivity index (χ1v) is 8.93. The second-order valence-corrected chi connectivity index (χ2v) is 6.54. The third kappa shape index (κ3) is 4.24. The summed E-state index contributed by atoms with van der Waals surface area (Å²) in [6.07, 6.45) is 3.39. The molecule has 1 atom stereocenters. The van der Waals surface area contributed by atoms with Crippen LogP contribution in [-0.2, 0) is 11.3 Å². The molecule has 3 heteroatoms. The summed E-state index contributed by atoms with van der Waals surface area (Å²) < 4.78 is 0. The Morgan fingerprint density at radius 2 is 1.83 bits per heavy atom. The van der Waals surface area contributed by atoms with E-state index >= 15 is 0 Å². The maximum atomic E-state index is 12.7. The average molecular weight is 322 g/mol. The Morgan fingerprint density at radius 1 is 1.08 bits per heavy atom. The summed E-state index contributed by atoms with van der Waals surface area (Å²) in [6.45, 7) is 5.39. The molecule has 1 heterocycles. The fourth-order valence-electron chi connectivity index (χ4n) is 3.43. The van der Waals surface area contributed by atoms with Crippen LogP contribution < -0.4 is 5.32 Å². The van der Waals surface area contributed by atoms with Crippen molar-refractivity contribution in [2.75, 3.05) is 18.4 Å². The van der Waals surface area contributed by atoms with Gasteiger partial charge in [-0.1, -0.05) is 49.4 Å². The lowest BCUT2D eigenvalue weighted by atomic mass is 9.95. The maximum Gasteiger partial charge on any atom is 0.231 e. The third-order valence-electron chi connectivity index (χ3n) is 4.73. The van der Waals surface area contributed by atoms with Crippen LogP contribution in [0.1, 0.15) is 43.2 Å².